The van der Waals surface area contributed by atoms with Crippen LogP contribution >= 0.6 is 0 Å². The number of benzene rings is 1. The quantitative estimate of drug-likeness (QED) is 0.558. The number of anilines is 1. The molecule has 0 aliphatic carbocycles. The Balaban J connectivity index is 1.33. The van der Waals surface area contributed by atoms with Crippen LogP contribution in [0.15, 0.2) is 48.7 Å². The number of hydrogen-bond donors (Lipinski definition) is 0. The maximum atomic E-state index is 13.0. The second-order valence-corrected chi connectivity index (χ2v) is 8.01. The molecule has 4 rings (SSSR count). The van der Waals surface area contributed by atoms with Crippen LogP contribution in [0.1, 0.15) is 23.2 Å². The number of rotatable bonds is 5. The topological polar surface area (TPSA) is 82.8 Å². The number of aromatic nitrogens is 1. The highest BCUT2D eigenvalue weighted by Gasteiger charge is 2.30. The van der Waals surface area contributed by atoms with Crippen LogP contribution in [-0.2, 0) is 0 Å². The van der Waals surface area contributed by atoms with E-state index in [1.54, 1.807) is 23.1 Å². The third-order valence-electron chi connectivity index (χ3n) is 6.00. The van der Waals surface area contributed by atoms with E-state index >= 15 is 0 Å². The van der Waals surface area contributed by atoms with Crippen LogP contribution in [0.2, 0.25) is 0 Å². The highest BCUT2D eigenvalue weighted by Crippen LogP contribution is 2.24. The van der Waals surface area contributed by atoms with Crippen LogP contribution in [0.25, 0.3) is 0 Å². The average molecular weight is 409 g/mol. The van der Waals surface area contributed by atoms with Crippen molar-refractivity contribution >= 4 is 17.4 Å². The van der Waals surface area contributed by atoms with Gasteiger partial charge in [0, 0.05) is 58.1 Å². The molecule has 1 amide bonds. The summed E-state index contributed by atoms with van der Waals surface area (Å²) >= 11 is 0. The lowest BCUT2D eigenvalue weighted by Crippen LogP contribution is -2.50. The van der Waals surface area contributed by atoms with Gasteiger partial charge in [0.2, 0.25) is 0 Å². The molecule has 8 nitrogen and oxygen atoms in total. The van der Waals surface area contributed by atoms with Crippen LogP contribution in [0.5, 0.6) is 0 Å². The molecular weight excluding hydrogens is 382 g/mol. The minimum atomic E-state index is -0.476. The molecule has 1 aromatic carbocycles. The first-order chi connectivity index (χ1) is 14.6. The average Bonchev–Trinajstić information content (AvgIpc) is 2.80. The number of nitro groups is 1. The first kappa shape index (κ1) is 20.3. The standard InChI is InChI=1S/C22H27N5O3/c28-22(19-7-1-2-8-20(19)27(29)30)26-11-5-6-18(17-26)16-24-12-14-25(15-13-24)21-9-3-4-10-23-21/h1-4,7-10,18H,5-6,11-17H2. The van der Waals surface area contributed by atoms with Crippen molar-refractivity contribution in [3.05, 3.63) is 64.3 Å². The van der Waals surface area contributed by atoms with E-state index in [4.69, 9.17) is 0 Å². The number of piperazine rings is 1. The van der Waals surface area contributed by atoms with Gasteiger partial charge in [-0.3, -0.25) is 19.8 Å². The Kier molecular flexibility index (Phi) is 6.23. The molecule has 0 bridgehead atoms. The molecule has 1 unspecified atom stereocenters. The largest absolute Gasteiger partial charge is 0.354 e. The van der Waals surface area contributed by atoms with Gasteiger partial charge in [-0.2, -0.15) is 0 Å². The van der Waals surface area contributed by atoms with Crippen molar-refractivity contribution < 1.29 is 9.72 Å². The summed E-state index contributed by atoms with van der Waals surface area (Å²) in [6.07, 6.45) is 3.85. The van der Waals surface area contributed by atoms with Crippen LogP contribution in [-0.4, -0.2) is 71.4 Å². The van der Waals surface area contributed by atoms with Gasteiger partial charge in [0.25, 0.3) is 11.6 Å². The zero-order chi connectivity index (χ0) is 20.9. The first-order valence-corrected chi connectivity index (χ1v) is 10.5. The minimum absolute atomic E-state index is 0.115. The van der Waals surface area contributed by atoms with Crippen molar-refractivity contribution in [3.63, 3.8) is 0 Å². The third kappa shape index (κ3) is 4.59. The predicted octanol–water partition coefficient (Wildman–Crippen LogP) is 2.66. The van der Waals surface area contributed by atoms with Gasteiger partial charge in [0.15, 0.2) is 0 Å². The molecule has 0 N–H and O–H groups in total. The molecule has 1 atom stereocenters. The highest BCUT2D eigenvalue weighted by molar-refractivity contribution is 5.98. The summed E-state index contributed by atoms with van der Waals surface area (Å²) in [6, 6.07) is 12.2. The number of amides is 1. The van der Waals surface area contributed by atoms with Gasteiger partial charge in [-0.05, 0) is 37.0 Å². The van der Waals surface area contributed by atoms with Crippen molar-refractivity contribution in [3.8, 4) is 0 Å². The number of piperidine rings is 1. The number of carbonyl (C=O) groups is 1. The number of carbonyl (C=O) groups excluding carboxylic acids is 1. The van der Waals surface area contributed by atoms with Gasteiger partial charge in [0.05, 0.1) is 4.92 Å². The fourth-order valence-electron chi connectivity index (χ4n) is 4.45. The predicted molar refractivity (Wildman–Crippen MR) is 115 cm³/mol. The molecule has 2 aromatic rings. The van der Waals surface area contributed by atoms with E-state index in [-0.39, 0.29) is 17.2 Å². The van der Waals surface area contributed by atoms with Crippen LogP contribution in [0, 0.1) is 16.0 Å². The number of nitrogens with zero attached hydrogens (tertiary/aromatic N) is 5. The van der Waals surface area contributed by atoms with E-state index in [9.17, 15) is 14.9 Å². The Labute approximate surface area is 176 Å². The Morgan fingerprint density at radius 3 is 2.57 bits per heavy atom. The van der Waals surface area contributed by atoms with E-state index in [0.717, 1.165) is 51.4 Å². The molecule has 0 spiro atoms. The van der Waals surface area contributed by atoms with E-state index in [0.29, 0.717) is 19.0 Å². The van der Waals surface area contributed by atoms with Crippen LogP contribution in [0.4, 0.5) is 11.5 Å². The fraction of sp³-hybridized carbons (Fsp3) is 0.455. The summed E-state index contributed by atoms with van der Waals surface area (Å²) in [6.45, 7) is 6.12. The molecule has 3 heterocycles. The number of pyridine rings is 1. The smallest absolute Gasteiger partial charge is 0.282 e. The lowest BCUT2D eigenvalue weighted by atomic mass is 9.96. The lowest BCUT2D eigenvalue weighted by Gasteiger charge is -2.39. The highest BCUT2D eigenvalue weighted by atomic mass is 16.6. The van der Waals surface area contributed by atoms with E-state index in [1.165, 1.54) is 6.07 Å². The number of likely N-dealkylation sites (tertiary alicyclic amines) is 1. The van der Waals surface area contributed by atoms with Crippen molar-refractivity contribution in [2.75, 3.05) is 50.7 Å². The van der Waals surface area contributed by atoms with Crippen molar-refractivity contribution in [1.29, 1.82) is 0 Å². The molecular formula is C22H27N5O3. The molecule has 2 fully saturated rings. The fourth-order valence-corrected chi connectivity index (χ4v) is 4.45. The molecule has 2 aliphatic heterocycles. The van der Waals surface area contributed by atoms with Crippen molar-refractivity contribution in [2.24, 2.45) is 5.92 Å². The Morgan fingerprint density at radius 2 is 1.83 bits per heavy atom. The van der Waals surface area contributed by atoms with Gasteiger partial charge in [-0.25, -0.2) is 4.98 Å². The second kappa shape index (κ2) is 9.21. The third-order valence-corrected chi connectivity index (χ3v) is 6.00. The maximum absolute atomic E-state index is 13.0. The molecule has 0 radical (unpaired) electrons. The van der Waals surface area contributed by atoms with Crippen molar-refractivity contribution in [1.82, 2.24) is 14.8 Å². The Morgan fingerprint density at radius 1 is 1.07 bits per heavy atom. The number of para-hydroxylation sites is 1. The summed E-state index contributed by atoms with van der Waals surface area (Å²) in [7, 11) is 0. The summed E-state index contributed by atoms with van der Waals surface area (Å²) < 4.78 is 0. The summed E-state index contributed by atoms with van der Waals surface area (Å²) in [5.74, 6) is 1.19. The molecule has 2 saturated heterocycles. The first-order valence-electron chi connectivity index (χ1n) is 10.5. The van der Waals surface area contributed by atoms with Gasteiger partial charge in [0.1, 0.15) is 11.4 Å². The summed E-state index contributed by atoms with van der Waals surface area (Å²) in [4.78, 5) is 34.8. The minimum Gasteiger partial charge on any atom is -0.354 e. The molecule has 0 saturated carbocycles. The molecule has 2 aliphatic rings. The summed E-state index contributed by atoms with van der Waals surface area (Å²) in [5, 5.41) is 11.3. The number of nitro benzene ring substituents is 1. The normalized spacial score (nSPS) is 20.2. The summed E-state index contributed by atoms with van der Waals surface area (Å²) in [5.41, 5.74) is 0.0717. The van der Waals surface area contributed by atoms with E-state index in [2.05, 4.69) is 14.8 Å². The van der Waals surface area contributed by atoms with E-state index in [1.807, 2.05) is 24.4 Å². The lowest BCUT2D eigenvalue weighted by molar-refractivity contribution is -0.385. The molecule has 158 valence electrons. The van der Waals surface area contributed by atoms with Gasteiger partial charge < -0.3 is 9.80 Å². The van der Waals surface area contributed by atoms with Crippen LogP contribution in [0.3, 0.4) is 0 Å². The van der Waals surface area contributed by atoms with E-state index < -0.39 is 4.92 Å². The van der Waals surface area contributed by atoms with Gasteiger partial charge in [-0.1, -0.05) is 18.2 Å². The second-order valence-electron chi connectivity index (χ2n) is 8.01. The van der Waals surface area contributed by atoms with Gasteiger partial charge in [-0.15, -0.1) is 0 Å². The van der Waals surface area contributed by atoms with Gasteiger partial charge >= 0.3 is 0 Å². The van der Waals surface area contributed by atoms with Crippen LogP contribution < -0.4 is 4.90 Å². The monoisotopic (exact) mass is 409 g/mol. The molecule has 1 aromatic heterocycles. The zero-order valence-corrected chi connectivity index (χ0v) is 17.0. The van der Waals surface area contributed by atoms with Crippen molar-refractivity contribution in [2.45, 2.75) is 12.8 Å². The number of hydrogen-bond acceptors (Lipinski definition) is 6. The SMILES string of the molecule is O=C(c1ccccc1[N+](=O)[O-])N1CCCC(CN2CCN(c3ccccn3)CC2)C1. The molecule has 30 heavy (non-hydrogen) atoms. The Hall–Kier alpha value is -3.00. The molecule has 8 heteroatoms. The maximum Gasteiger partial charge on any atom is 0.282 e. The zero-order valence-electron chi connectivity index (χ0n) is 17.0. The Bertz CT molecular complexity index is 883.